The van der Waals surface area contributed by atoms with Crippen LogP contribution in [0.3, 0.4) is 0 Å². The highest BCUT2D eigenvalue weighted by Gasteiger charge is 2.27. The molecule has 1 atom stereocenters. The van der Waals surface area contributed by atoms with Crippen molar-refractivity contribution >= 4 is 5.78 Å². The van der Waals surface area contributed by atoms with E-state index in [9.17, 15) is 4.79 Å². The van der Waals surface area contributed by atoms with Crippen molar-refractivity contribution in [1.29, 1.82) is 0 Å². The summed E-state index contributed by atoms with van der Waals surface area (Å²) in [7, 11) is 0. The lowest BCUT2D eigenvalue weighted by atomic mass is 9.79. The summed E-state index contributed by atoms with van der Waals surface area (Å²) in [5.74, 6) is 0.866. The van der Waals surface area contributed by atoms with E-state index in [0.717, 1.165) is 38.9 Å². The summed E-state index contributed by atoms with van der Waals surface area (Å²) in [6.45, 7) is 3.63. The lowest BCUT2D eigenvalue weighted by Gasteiger charge is -2.25. The Hall–Kier alpha value is -1.15. The van der Waals surface area contributed by atoms with E-state index in [2.05, 4.69) is 19.1 Å². The van der Waals surface area contributed by atoms with Crippen molar-refractivity contribution in [2.45, 2.75) is 51.7 Å². The number of benzene rings is 1. The first kappa shape index (κ1) is 11.0. The number of ether oxygens (including phenoxy) is 1. The van der Waals surface area contributed by atoms with E-state index >= 15 is 0 Å². The summed E-state index contributed by atoms with van der Waals surface area (Å²) in [6.07, 6.45) is 3.72. The smallest absolute Gasteiger partial charge is 0.133 e. The van der Waals surface area contributed by atoms with Crippen LogP contribution in [0, 0.1) is 6.92 Å². The highest BCUT2D eigenvalue weighted by atomic mass is 16.5. The monoisotopic (exact) mass is 230 g/mol. The number of hydrogen-bond acceptors (Lipinski definition) is 2. The van der Waals surface area contributed by atoms with Gasteiger partial charge in [0.05, 0.1) is 13.2 Å². The molecule has 0 N–H and O–H groups in total. The topological polar surface area (TPSA) is 26.3 Å². The Kier molecular flexibility index (Phi) is 2.75. The van der Waals surface area contributed by atoms with Gasteiger partial charge in [-0.2, -0.15) is 0 Å². The van der Waals surface area contributed by atoms with E-state index in [0.29, 0.717) is 11.7 Å². The van der Waals surface area contributed by atoms with Crippen LogP contribution in [-0.2, 0) is 22.7 Å². The number of Topliss-reactive ketones (excluding diaryl/α,β-unsaturated/α-hetero) is 1. The number of rotatable bonds is 1. The molecule has 2 heteroatoms. The quantitative estimate of drug-likeness (QED) is 0.740. The van der Waals surface area contributed by atoms with Crippen LogP contribution in [0.25, 0.3) is 0 Å². The predicted octanol–water partition coefficient (Wildman–Crippen LogP) is 3.25. The van der Waals surface area contributed by atoms with Crippen molar-refractivity contribution in [2.75, 3.05) is 0 Å². The molecule has 0 aromatic heterocycles. The van der Waals surface area contributed by atoms with Crippen LogP contribution in [-0.4, -0.2) is 5.78 Å². The molecule has 2 aliphatic rings. The largest absolute Gasteiger partial charge is 0.372 e. The first-order valence-corrected chi connectivity index (χ1v) is 6.46. The molecule has 1 aliphatic heterocycles. The van der Waals surface area contributed by atoms with E-state index in [4.69, 9.17) is 4.74 Å². The van der Waals surface area contributed by atoms with Gasteiger partial charge in [0, 0.05) is 12.8 Å². The molecule has 1 unspecified atom stereocenters. The highest BCUT2D eigenvalue weighted by molar-refractivity contribution is 5.80. The van der Waals surface area contributed by atoms with Gasteiger partial charge in [-0.3, -0.25) is 4.79 Å². The van der Waals surface area contributed by atoms with Crippen molar-refractivity contribution < 1.29 is 9.53 Å². The Morgan fingerprint density at radius 2 is 2.18 bits per heavy atom. The van der Waals surface area contributed by atoms with Gasteiger partial charge in [0.1, 0.15) is 5.78 Å². The van der Waals surface area contributed by atoms with Gasteiger partial charge in [-0.1, -0.05) is 12.1 Å². The van der Waals surface area contributed by atoms with E-state index in [1.165, 1.54) is 22.3 Å². The van der Waals surface area contributed by atoms with Crippen LogP contribution in [0.4, 0.5) is 0 Å². The van der Waals surface area contributed by atoms with Gasteiger partial charge in [-0.05, 0) is 47.9 Å². The molecule has 1 aromatic rings. The minimum absolute atomic E-state index is 0.428. The second-order valence-corrected chi connectivity index (χ2v) is 5.26. The highest BCUT2D eigenvalue weighted by Crippen LogP contribution is 2.38. The van der Waals surface area contributed by atoms with E-state index in [-0.39, 0.29) is 0 Å². The van der Waals surface area contributed by atoms with Crippen LogP contribution >= 0.6 is 0 Å². The third-order valence-electron chi connectivity index (χ3n) is 4.07. The Morgan fingerprint density at radius 3 is 3.00 bits per heavy atom. The zero-order chi connectivity index (χ0) is 11.8. The molecule has 90 valence electrons. The molecule has 1 fully saturated rings. The molecule has 1 saturated carbocycles. The van der Waals surface area contributed by atoms with Gasteiger partial charge in [0.25, 0.3) is 0 Å². The molecule has 1 heterocycles. The van der Waals surface area contributed by atoms with E-state index in [1.54, 1.807) is 0 Å². The minimum atomic E-state index is 0.428. The maximum Gasteiger partial charge on any atom is 0.133 e. The summed E-state index contributed by atoms with van der Waals surface area (Å²) < 4.78 is 5.54. The van der Waals surface area contributed by atoms with Crippen LogP contribution in [0.2, 0.25) is 0 Å². The number of carbonyl (C=O) groups excluding carboxylic acids is 1. The fraction of sp³-hybridized carbons (Fsp3) is 0.533. The lowest BCUT2D eigenvalue weighted by Crippen LogP contribution is -2.16. The van der Waals surface area contributed by atoms with Crippen molar-refractivity contribution in [3.8, 4) is 0 Å². The first-order valence-electron chi connectivity index (χ1n) is 6.46. The Balaban J connectivity index is 2.01. The summed E-state index contributed by atoms with van der Waals surface area (Å²) in [5, 5.41) is 0. The molecule has 3 rings (SSSR count). The predicted molar refractivity (Wildman–Crippen MR) is 65.9 cm³/mol. The average molecular weight is 230 g/mol. The zero-order valence-electron chi connectivity index (χ0n) is 10.3. The maximum atomic E-state index is 11.6. The second-order valence-electron chi connectivity index (χ2n) is 5.26. The summed E-state index contributed by atoms with van der Waals surface area (Å²) in [4.78, 5) is 11.6. The Morgan fingerprint density at radius 1 is 1.29 bits per heavy atom. The molecule has 0 radical (unpaired) electrons. The van der Waals surface area contributed by atoms with Gasteiger partial charge in [0.2, 0.25) is 0 Å². The number of fused-ring (bicyclic) bond motifs is 1. The maximum absolute atomic E-state index is 11.6. The van der Waals surface area contributed by atoms with Crippen LogP contribution in [0.5, 0.6) is 0 Å². The number of ketones is 1. The minimum Gasteiger partial charge on any atom is -0.372 e. The van der Waals surface area contributed by atoms with Crippen molar-refractivity contribution in [1.82, 2.24) is 0 Å². The van der Waals surface area contributed by atoms with Gasteiger partial charge in [0.15, 0.2) is 0 Å². The summed E-state index contributed by atoms with van der Waals surface area (Å²) in [5.41, 5.74) is 5.43. The number of hydrogen-bond donors (Lipinski definition) is 0. The molecule has 2 nitrogen and oxygen atoms in total. The molecule has 17 heavy (non-hydrogen) atoms. The van der Waals surface area contributed by atoms with Gasteiger partial charge < -0.3 is 4.74 Å². The number of carbonyl (C=O) groups is 1. The summed E-state index contributed by atoms with van der Waals surface area (Å²) in [6, 6.07) is 4.35. The summed E-state index contributed by atoms with van der Waals surface area (Å²) >= 11 is 0. The third-order valence-corrected chi connectivity index (χ3v) is 4.07. The molecule has 0 amide bonds. The zero-order valence-corrected chi connectivity index (χ0v) is 10.3. The normalized spacial score (nSPS) is 23.8. The molecule has 0 saturated heterocycles. The van der Waals surface area contributed by atoms with Gasteiger partial charge in [-0.15, -0.1) is 0 Å². The van der Waals surface area contributed by atoms with Crippen LogP contribution < -0.4 is 0 Å². The third kappa shape index (κ3) is 1.91. The van der Waals surface area contributed by atoms with E-state index in [1.807, 2.05) is 0 Å². The van der Waals surface area contributed by atoms with Crippen LogP contribution in [0.15, 0.2) is 12.1 Å². The molecule has 1 aromatic carbocycles. The Labute approximate surface area is 102 Å². The van der Waals surface area contributed by atoms with Crippen molar-refractivity contribution in [3.63, 3.8) is 0 Å². The first-order chi connectivity index (χ1) is 8.25. The van der Waals surface area contributed by atoms with Gasteiger partial charge in [-0.25, -0.2) is 0 Å². The fourth-order valence-electron chi connectivity index (χ4n) is 3.24. The fourth-order valence-corrected chi connectivity index (χ4v) is 3.24. The molecule has 0 spiro atoms. The SMILES string of the molecule is Cc1ccc2c(c1C1CCCC(=O)C1)COC2. The second kappa shape index (κ2) is 4.26. The number of aryl methyl sites for hydroxylation is 1. The molecular weight excluding hydrogens is 212 g/mol. The molecule has 1 aliphatic carbocycles. The Bertz CT molecular complexity index is 462. The lowest BCUT2D eigenvalue weighted by molar-refractivity contribution is -0.120. The van der Waals surface area contributed by atoms with Gasteiger partial charge >= 0.3 is 0 Å². The van der Waals surface area contributed by atoms with Crippen LogP contribution in [0.1, 0.15) is 53.9 Å². The molecule has 0 bridgehead atoms. The van der Waals surface area contributed by atoms with Crippen molar-refractivity contribution in [3.05, 3.63) is 34.4 Å². The standard InChI is InChI=1S/C15H18O2/c1-10-5-6-12-8-17-9-14(12)15(10)11-3-2-4-13(16)7-11/h5-6,11H,2-4,7-9H2,1H3. The van der Waals surface area contributed by atoms with Crippen molar-refractivity contribution in [2.24, 2.45) is 0 Å². The van der Waals surface area contributed by atoms with E-state index < -0.39 is 0 Å². The average Bonchev–Trinajstić information content (AvgIpc) is 2.76. The molecular formula is C15H18O2.